The number of rotatable bonds is 3. The molecule has 1 unspecified atom stereocenters. The Bertz CT molecular complexity index is 626. The van der Waals surface area contributed by atoms with Crippen molar-refractivity contribution in [1.29, 1.82) is 0 Å². The van der Waals surface area contributed by atoms with Gasteiger partial charge in [-0.05, 0) is 68.6 Å². The molecular formula is C20H27FN2O3. The van der Waals surface area contributed by atoms with E-state index in [0.29, 0.717) is 25.3 Å². The van der Waals surface area contributed by atoms with E-state index in [1.807, 2.05) is 17.0 Å². The quantitative estimate of drug-likeness (QED) is 0.860. The lowest BCUT2D eigenvalue weighted by atomic mass is 9.86. The smallest absolute Gasteiger partial charge is 0.317 e. The fourth-order valence-corrected chi connectivity index (χ4v) is 4.12. The summed E-state index contributed by atoms with van der Waals surface area (Å²) < 4.78 is 13.1. The van der Waals surface area contributed by atoms with E-state index in [1.165, 1.54) is 12.1 Å². The number of carboxylic acids is 1. The van der Waals surface area contributed by atoms with Crippen molar-refractivity contribution in [1.82, 2.24) is 10.2 Å². The maximum Gasteiger partial charge on any atom is 0.317 e. The number of halogens is 1. The maximum atomic E-state index is 13.1. The highest BCUT2D eigenvalue weighted by atomic mass is 19.1. The van der Waals surface area contributed by atoms with Gasteiger partial charge in [-0.25, -0.2) is 9.18 Å². The van der Waals surface area contributed by atoms with Gasteiger partial charge in [0.05, 0.1) is 5.92 Å². The zero-order valence-corrected chi connectivity index (χ0v) is 15.0. The molecule has 6 heteroatoms. The van der Waals surface area contributed by atoms with Gasteiger partial charge in [-0.1, -0.05) is 12.1 Å². The number of aliphatic carboxylic acids is 1. The van der Waals surface area contributed by atoms with Crippen LogP contribution in [0.2, 0.25) is 0 Å². The number of urea groups is 1. The molecule has 1 heterocycles. The summed E-state index contributed by atoms with van der Waals surface area (Å²) in [4.78, 5) is 25.5. The molecule has 26 heavy (non-hydrogen) atoms. The first kappa shape index (κ1) is 18.7. The van der Waals surface area contributed by atoms with Gasteiger partial charge in [-0.2, -0.15) is 0 Å². The van der Waals surface area contributed by atoms with E-state index in [4.69, 9.17) is 5.11 Å². The molecule has 1 aliphatic carbocycles. The number of hydrogen-bond acceptors (Lipinski definition) is 2. The van der Waals surface area contributed by atoms with Crippen molar-refractivity contribution in [2.75, 3.05) is 13.1 Å². The number of likely N-dealkylation sites (tertiary alicyclic amines) is 1. The highest BCUT2D eigenvalue weighted by Crippen LogP contribution is 2.29. The third kappa shape index (κ3) is 4.74. The van der Waals surface area contributed by atoms with E-state index in [1.54, 1.807) is 0 Å². The number of amides is 2. The Morgan fingerprint density at radius 1 is 1.00 bits per heavy atom. The highest BCUT2D eigenvalue weighted by Gasteiger charge is 2.28. The van der Waals surface area contributed by atoms with Crippen LogP contribution in [0, 0.1) is 11.7 Å². The molecule has 1 aromatic carbocycles. The van der Waals surface area contributed by atoms with Gasteiger partial charge in [-0.3, -0.25) is 4.79 Å². The van der Waals surface area contributed by atoms with E-state index in [9.17, 15) is 14.0 Å². The van der Waals surface area contributed by atoms with Crippen molar-refractivity contribution in [3.63, 3.8) is 0 Å². The molecule has 3 rings (SSSR count). The van der Waals surface area contributed by atoms with Crippen LogP contribution < -0.4 is 5.32 Å². The SMILES string of the molecule is O=C(O)C1CCC(NC(=O)N2CCCC(c3ccc(F)cc3)CC2)CC1. The van der Waals surface area contributed by atoms with Crippen LogP contribution >= 0.6 is 0 Å². The molecule has 1 aliphatic heterocycles. The van der Waals surface area contributed by atoms with Gasteiger partial charge >= 0.3 is 12.0 Å². The molecule has 2 fully saturated rings. The second-order valence-corrected chi connectivity index (χ2v) is 7.50. The molecule has 0 spiro atoms. The molecule has 0 radical (unpaired) electrons. The molecule has 5 nitrogen and oxygen atoms in total. The zero-order valence-electron chi connectivity index (χ0n) is 15.0. The van der Waals surface area contributed by atoms with Gasteiger partial charge in [0.15, 0.2) is 0 Å². The standard InChI is InChI=1S/C20H27FN2O3/c21-17-7-3-15(4-8-17)14-2-1-12-23(13-11-14)20(26)22-18-9-5-16(6-10-18)19(24)25/h3-4,7-8,14,16,18H,1-2,5-6,9-13H2,(H,22,26)(H,24,25). The van der Waals surface area contributed by atoms with Crippen LogP contribution in [-0.2, 0) is 4.79 Å². The first-order valence-electron chi connectivity index (χ1n) is 9.56. The summed E-state index contributed by atoms with van der Waals surface area (Å²) in [6.07, 6.45) is 5.54. The van der Waals surface area contributed by atoms with Gasteiger partial charge in [-0.15, -0.1) is 0 Å². The molecule has 2 N–H and O–H groups in total. The molecule has 1 saturated carbocycles. The topological polar surface area (TPSA) is 69.6 Å². The van der Waals surface area contributed by atoms with Gasteiger partial charge in [0.1, 0.15) is 5.82 Å². The predicted molar refractivity (Wildman–Crippen MR) is 96.5 cm³/mol. The van der Waals surface area contributed by atoms with Gasteiger partial charge in [0.2, 0.25) is 0 Å². The first-order chi connectivity index (χ1) is 12.5. The minimum atomic E-state index is -0.728. The Hall–Kier alpha value is -2.11. The summed E-state index contributed by atoms with van der Waals surface area (Å²) >= 11 is 0. The monoisotopic (exact) mass is 362 g/mol. The maximum absolute atomic E-state index is 13.1. The zero-order chi connectivity index (χ0) is 18.5. The molecule has 2 amide bonds. The van der Waals surface area contributed by atoms with Gasteiger partial charge in [0, 0.05) is 19.1 Å². The van der Waals surface area contributed by atoms with Crippen LogP contribution in [0.5, 0.6) is 0 Å². The number of nitrogens with zero attached hydrogens (tertiary/aromatic N) is 1. The Morgan fingerprint density at radius 2 is 1.69 bits per heavy atom. The van der Waals surface area contributed by atoms with Crippen molar-refractivity contribution in [3.8, 4) is 0 Å². The van der Waals surface area contributed by atoms with E-state index in [0.717, 1.165) is 44.2 Å². The number of carboxylic acid groups (broad SMARTS) is 1. The molecule has 1 atom stereocenters. The van der Waals surface area contributed by atoms with E-state index < -0.39 is 5.97 Å². The average molecular weight is 362 g/mol. The highest BCUT2D eigenvalue weighted by molar-refractivity contribution is 5.74. The fraction of sp³-hybridized carbons (Fsp3) is 0.600. The molecule has 1 saturated heterocycles. The summed E-state index contributed by atoms with van der Waals surface area (Å²) in [6.45, 7) is 1.42. The van der Waals surface area contributed by atoms with Crippen molar-refractivity contribution in [2.45, 2.75) is 56.9 Å². The number of nitrogens with one attached hydrogen (secondary N) is 1. The summed E-state index contributed by atoms with van der Waals surface area (Å²) in [5.41, 5.74) is 1.14. The van der Waals surface area contributed by atoms with Crippen LogP contribution in [0.25, 0.3) is 0 Å². The minimum absolute atomic E-state index is 0.0384. The van der Waals surface area contributed by atoms with Crippen molar-refractivity contribution >= 4 is 12.0 Å². The van der Waals surface area contributed by atoms with Crippen LogP contribution in [-0.4, -0.2) is 41.1 Å². The summed E-state index contributed by atoms with van der Waals surface area (Å²) in [5.74, 6) is -0.854. The third-order valence-corrected chi connectivity index (χ3v) is 5.76. The second-order valence-electron chi connectivity index (χ2n) is 7.50. The van der Waals surface area contributed by atoms with E-state index in [2.05, 4.69) is 5.32 Å². The lowest BCUT2D eigenvalue weighted by Gasteiger charge is -2.29. The van der Waals surface area contributed by atoms with Crippen LogP contribution in [0.1, 0.15) is 56.4 Å². The largest absolute Gasteiger partial charge is 0.481 e. The van der Waals surface area contributed by atoms with Crippen LogP contribution in [0.15, 0.2) is 24.3 Å². The molecule has 0 bridgehead atoms. The molecule has 1 aromatic rings. The Morgan fingerprint density at radius 3 is 2.35 bits per heavy atom. The Kier molecular flexibility index (Phi) is 6.12. The number of carbonyl (C=O) groups is 2. The number of benzene rings is 1. The number of carbonyl (C=O) groups excluding carboxylic acids is 1. The minimum Gasteiger partial charge on any atom is -0.481 e. The van der Waals surface area contributed by atoms with E-state index >= 15 is 0 Å². The first-order valence-corrected chi connectivity index (χ1v) is 9.56. The molecule has 0 aromatic heterocycles. The third-order valence-electron chi connectivity index (χ3n) is 5.76. The van der Waals surface area contributed by atoms with E-state index in [-0.39, 0.29) is 23.8 Å². The van der Waals surface area contributed by atoms with Crippen LogP contribution in [0.4, 0.5) is 9.18 Å². The molecule has 142 valence electrons. The molecular weight excluding hydrogens is 335 g/mol. The summed E-state index contributed by atoms with van der Waals surface area (Å²) in [5, 5.41) is 12.1. The van der Waals surface area contributed by atoms with Crippen molar-refractivity contribution in [3.05, 3.63) is 35.6 Å². The summed E-state index contributed by atoms with van der Waals surface area (Å²) in [7, 11) is 0. The van der Waals surface area contributed by atoms with Gasteiger partial charge in [0.25, 0.3) is 0 Å². The van der Waals surface area contributed by atoms with Crippen LogP contribution in [0.3, 0.4) is 0 Å². The molecule has 2 aliphatic rings. The normalized spacial score (nSPS) is 26.8. The lowest BCUT2D eigenvalue weighted by Crippen LogP contribution is -2.46. The lowest BCUT2D eigenvalue weighted by molar-refractivity contribution is -0.142. The van der Waals surface area contributed by atoms with Gasteiger partial charge < -0.3 is 15.3 Å². The van der Waals surface area contributed by atoms with Crippen molar-refractivity contribution < 1.29 is 19.1 Å². The summed E-state index contributed by atoms with van der Waals surface area (Å²) in [6, 6.07) is 6.72. The predicted octanol–water partition coefficient (Wildman–Crippen LogP) is 3.75. The Balaban J connectivity index is 1.48. The Labute approximate surface area is 153 Å². The number of hydrogen-bond donors (Lipinski definition) is 2. The fourth-order valence-electron chi connectivity index (χ4n) is 4.12. The average Bonchev–Trinajstić information content (AvgIpc) is 2.89. The second kappa shape index (κ2) is 8.52. The van der Waals surface area contributed by atoms with Crippen molar-refractivity contribution in [2.24, 2.45) is 5.92 Å².